The molecule has 0 aromatic heterocycles. The van der Waals surface area contributed by atoms with Crippen LogP contribution in [0.2, 0.25) is 0 Å². The first-order valence-electron chi connectivity index (χ1n) is 7.77. The number of para-hydroxylation sites is 2. The maximum atomic E-state index is 5.85. The van der Waals surface area contributed by atoms with Gasteiger partial charge in [0.25, 0.3) is 0 Å². The lowest BCUT2D eigenvalue weighted by atomic mass is 10.2. The van der Waals surface area contributed by atoms with Crippen LogP contribution in [0, 0.1) is 0 Å². The highest BCUT2D eigenvalue weighted by atomic mass is 31.2. The summed E-state index contributed by atoms with van der Waals surface area (Å²) in [5, 5.41) is 0. The average molecular weight is 318 g/mol. The molecule has 0 amide bonds. The Morgan fingerprint density at radius 2 is 1.27 bits per heavy atom. The molecule has 2 aromatic carbocycles. The predicted octanol–water partition coefficient (Wildman–Crippen LogP) is 5.97. The molecule has 0 bridgehead atoms. The van der Waals surface area contributed by atoms with Crippen molar-refractivity contribution in [2.45, 2.75) is 32.6 Å². The minimum atomic E-state index is -1.43. The van der Waals surface area contributed by atoms with Gasteiger partial charge in [0.2, 0.25) is 0 Å². The molecule has 0 atom stereocenters. The fourth-order valence-corrected chi connectivity index (χ4v) is 2.88. The van der Waals surface area contributed by atoms with Crippen molar-refractivity contribution in [1.82, 2.24) is 0 Å². The van der Waals surface area contributed by atoms with Crippen LogP contribution in [-0.2, 0) is 4.52 Å². The van der Waals surface area contributed by atoms with E-state index in [1.165, 1.54) is 19.3 Å². The van der Waals surface area contributed by atoms with E-state index in [0.717, 1.165) is 17.9 Å². The molecule has 0 fully saturated rings. The van der Waals surface area contributed by atoms with Gasteiger partial charge in [0, 0.05) is 0 Å². The van der Waals surface area contributed by atoms with Gasteiger partial charge in [-0.3, -0.25) is 4.52 Å². The van der Waals surface area contributed by atoms with Gasteiger partial charge < -0.3 is 9.05 Å². The van der Waals surface area contributed by atoms with Crippen LogP contribution in [0.4, 0.5) is 0 Å². The van der Waals surface area contributed by atoms with Crippen LogP contribution in [0.25, 0.3) is 0 Å². The number of benzene rings is 2. The minimum absolute atomic E-state index is 0.658. The Kier molecular flexibility index (Phi) is 7.79. The van der Waals surface area contributed by atoms with Crippen molar-refractivity contribution < 1.29 is 13.6 Å². The monoisotopic (exact) mass is 318 g/mol. The van der Waals surface area contributed by atoms with Crippen molar-refractivity contribution >= 4 is 8.60 Å². The van der Waals surface area contributed by atoms with E-state index in [1.54, 1.807) is 0 Å². The minimum Gasteiger partial charge on any atom is -0.418 e. The first kappa shape index (κ1) is 16.8. The Hall–Kier alpha value is -1.57. The van der Waals surface area contributed by atoms with Gasteiger partial charge in [0.15, 0.2) is 0 Å². The van der Waals surface area contributed by atoms with Crippen LogP contribution in [0.1, 0.15) is 32.6 Å². The van der Waals surface area contributed by atoms with Crippen molar-refractivity contribution in [3.05, 3.63) is 60.7 Å². The summed E-state index contributed by atoms with van der Waals surface area (Å²) in [6.07, 6.45) is 4.66. The van der Waals surface area contributed by atoms with Gasteiger partial charge in [0.05, 0.1) is 6.61 Å². The summed E-state index contributed by atoms with van der Waals surface area (Å²) in [7, 11) is -1.43. The lowest BCUT2D eigenvalue weighted by Crippen LogP contribution is -2.01. The van der Waals surface area contributed by atoms with Gasteiger partial charge in [-0.15, -0.1) is 0 Å². The third-order valence-electron chi connectivity index (χ3n) is 3.04. The largest absolute Gasteiger partial charge is 0.463 e. The first-order valence-corrected chi connectivity index (χ1v) is 8.87. The molecule has 0 spiro atoms. The number of unbranched alkanes of at least 4 members (excludes halogenated alkanes) is 3. The average Bonchev–Trinajstić information content (AvgIpc) is 2.56. The molecule has 0 saturated heterocycles. The molecule has 2 aromatic rings. The Morgan fingerprint density at radius 1 is 0.727 bits per heavy atom. The van der Waals surface area contributed by atoms with Gasteiger partial charge in [-0.2, -0.15) is 0 Å². The van der Waals surface area contributed by atoms with Crippen LogP contribution < -0.4 is 9.05 Å². The molecule has 3 nitrogen and oxygen atoms in total. The van der Waals surface area contributed by atoms with Gasteiger partial charge >= 0.3 is 8.60 Å². The molecule has 0 heterocycles. The SMILES string of the molecule is CCCCCCOP(Oc1ccccc1)Oc1ccccc1. The summed E-state index contributed by atoms with van der Waals surface area (Å²) in [6.45, 7) is 2.86. The summed E-state index contributed by atoms with van der Waals surface area (Å²) in [5.74, 6) is 1.52. The van der Waals surface area contributed by atoms with E-state index in [9.17, 15) is 0 Å². The molecule has 118 valence electrons. The van der Waals surface area contributed by atoms with Crippen LogP contribution in [0.5, 0.6) is 11.5 Å². The Morgan fingerprint density at radius 3 is 1.77 bits per heavy atom. The zero-order valence-electron chi connectivity index (χ0n) is 13.0. The second-order valence-electron chi connectivity index (χ2n) is 4.93. The Balaban J connectivity index is 1.88. The molecule has 0 aliphatic rings. The van der Waals surface area contributed by atoms with E-state index in [0.29, 0.717) is 6.61 Å². The van der Waals surface area contributed by atoms with Gasteiger partial charge in [-0.05, 0) is 30.7 Å². The van der Waals surface area contributed by atoms with Gasteiger partial charge in [0.1, 0.15) is 11.5 Å². The van der Waals surface area contributed by atoms with E-state index >= 15 is 0 Å². The molecule has 2 rings (SSSR count). The van der Waals surface area contributed by atoms with E-state index in [2.05, 4.69) is 6.92 Å². The zero-order valence-corrected chi connectivity index (χ0v) is 13.9. The van der Waals surface area contributed by atoms with Crippen molar-refractivity contribution in [3.63, 3.8) is 0 Å². The molecule has 4 heteroatoms. The van der Waals surface area contributed by atoms with Crippen LogP contribution in [-0.4, -0.2) is 6.61 Å². The molecule has 0 aliphatic carbocycles. The lowest BCUT2D eigenvalue weighted by Gasteiger charge is -2.17. The molecular weight excluding hydrogens is 295 g/mol. The summed E-state index contributed by atoms with van der Waals surface area (Å²) in [4.78, 5) is 0. The highest BCUT2D eigenvalue weighted by Crippen LogP contribution is 2.41. The highest BCUT2D eigenvalue weighted by Gasteiger charge is 2.16. The Labute approximate surface area is 134 Å². The van der Waals surface area contributed by atoms with Crippen LogP contribution in [0.3, 0.4) is 0 Å². The fourth-order valence-electron chi connectivity index (χ4n) is 1.87. The number of hydrogen-bond acceptors (Lipinski definition) is 3. The molecular formula is C18H23O3P. The maximum absolute atomic E-state index is 5.85. The fraction of sp³-hybridized carbons (Fsp3) is 0.333. The van der Waals surface area contributed by atoms with Crippen LogP contribution in [0.15, 0.2) is 60.7 Å². The molecule has 0 N–H and O–H groups in total. The first-order chi connectivity index (χ1) is 10.9. The molecule has 0 unspecified atom stereocenters. The topological polar surface area (TPSA) is 27.7 Å². The smallest absolute Gasteiger partial charge is 0.418 e. The normalized spacial score (nSPS) is 10.6. The molecule has 0 saturated carbocycles. The molecule has 0 aliphatic heterocycles. The van der Waals surface area contributed by atoms with Crippen molar-refractivity contribution in [2.24, 2.45) is 0 Å². The summed E-state index contributed by atoms with van der Waals surface area (Å²) < 4.78 is 17.5. The number of rotatable bonds is 10. The quantitative estimate of drug-likeness (QED) is 0.399. The van der Waals surface area contributed by atoms with E-state index < -0.39 is 8.60 Å². The number of hydrogen-bond donors (Lipinski definition) is 0. The van der Waals surface area contributed by atoms with Crippen molar-refractivity contribution in [1.29, 1.82) is 0 Å². The van der Waals surface area contributed by atoms with E-state index in [1.807, 2.05) is 60.7 Å². The Bertz CT molecular complexity index is 463. The third-order valence-corrected chi connectivity index (χ3v) is 4.15. The summed E-state index contributed by atoms with van der Waals surface area (Å²) in [6, 6.07) is 19.3. The second kappa shape index (κ2) is 10.2. The standard InChI is InChI=1S/C18H23O3P/c1-2-3-4-11-16-19-22(20-17-12-7-5-8-13-17)21-18-14-9-6-10-15-18/h5-10,12-15H,2-4,11,16H2,1H3. The third kappa shape index (κ3) is 6.46. The molecule has 22 heavy (non-hydrogen) atoms. The molecule has 0 radical (unpaired) electrons. The summed E-state index contributed by atoms with van der Waals surface area (Å²) >= 11 is 0. The van der Waals surface area contributed by atoms with Crippen LogP contribution >= 0.6 is 8.60 Å². The van der Waals surface area contributed by atoms with E-state index in [-0.39, 0.29) is 0 Å². The highest BCUT2D eigenvalue weighted by molar-refractivity contribution is 7.42. The van der Waals surface area contributed by atoms with Gasteiger partial charge in [-0.25, -0.2) is 0 Å². The van der Waals surface area contributed by atoms with Crippen molar-refractivity contribution in [3.8, 4) is 11.5 Å². The second-order valence-corrected chi connectivity index (χ2v) is 6.00. The summed E-state index contributed by atoms with van der Waals surface area (Å²) in [5.41, 5.74) is 0. The van der Waals surface area contributed by atoms with Gasteiger partial charge in [-0.1, -0.05) is 62.6 Å². The zero-order chi connectivity index (χ0) is 15.5. The van der Waals surface area contributed by atoms with E-state index in [4.69, 9.17) is 13.6 Å². The maximum Gasteiger partial charge on any atom is 0.463 e. The predicted molar refractivity (Wildman–Crippen MR) is 91.2 cm³/mol. The lowest BCUT2D eigenvalue weighted by molar-refractivity contribution is 0.258. The van der Waals surface area contributed by atoms with Crippen molar-refractivity contribution in [2.75, 3.05) is 6.61 Å².